The second kappa shape index (κ2) is 11.1. The summed E-state index contributed by atoms with van der Waals surface area (Å²) < 4.78 is 0. The van der Waals surface area contributed by atoms with Crippen molar-refractivity contribution in [3.63, 3.8) is 0 Å². The summed E-state index contributed by atoms with van der Waals surface area (Å²) in [4.78, 5) is 30.6. The maximum Gasteiger partial charge on any atom is 0.251 e. The van der Waals surface area contributed by atoms with Gasteiger partial charge in [-0.25, -0.2) is 0 Å². The average molecular weight is 527 g/mol. The molecule has 0 spiro atoms. The van der Waals surface area contributed by atoms with Crippen molar-refractivity contribution in [2.45, 2.75) is 59.7 Å². The molecular formula is C30H34N6O3. The van der Waals surface area contributed by atoms with Crippen LogP contribution in [0.1, 0.15) is 49.1 Å². The second-order valence-corrected chi connectivity index (χ2v) is 10.7. The number of hydrogen-bond acceptors (Lipinski definition) is 6. The van der Waals surface area contributed by atoms with Gasteiger partial charge in [0, 0.05) is 16.8 Å². The van der Waals surface area contributed by atoms with Crippen LogP contribution in [0.5, 0.6) is 5.75 Å². The van der Waals surface area contributed by atoms with Gasteiger partial charge in [0.1, 0.15) is 18.3 Å². The highest BCUT2D eigenvalue weighted by molar-refractivity contribution is 6.02. The first-order valence-electron chi connectivity index (χ1n) is 12.8. The molecule has 202 valence electrons. The first-order valence-corrected chi connectivity index (χ1v) is 12.8. The van der Waals surface area contributed by atoms with Gasteiger partial charge in [0.05, 0.1) is 0 Å². The van der Waals surface area contributed by atoms with Gasteiger partial charge in [-0.2, -0.15) is 4.80 Å². The Morgan fingerprint density at radius 2 is 1.64 bits per heavy atom. The standard InChI is InChI=1S/C30H34N6O3/c1-19-10-12-23(13-11-19)28-32-34-35(33-28)18-26(38)36(25-9-7-8-20(2)21(25)3)27(29(39)31-30(4,5)6)22-14-16-24(37)17-15-22/h7-17,27,37H,18H2,1-6H3,(H,31,39)/t27-/m1/s1. The number of carbonyl (C=O) groups excluding carboxylic acids is 2. The van der Waals surface area contributed by atoms with Crippen molar-refractivity contribution in [2.75, 3.05) is 4.90 Å². The molecule has 4 aromatic rings. The maximum atomic E-state index is 14.1. The van der Waals surface area contributed by atoms with Crippen LogP contribution >= 0.6 is 0 Å². The normalized spacial score (nSPS) is 12.2. The number of aromatic hydroxyl groups is 1. The Kier molecular flexibility index (Phi) is 7.80. The number of nitrogens with zero attached hydrogens (tertiary/aromatic N) is 5. The number of rotatable bonds is 7. The van der Waals surface area contributed by atoms with Crippen LogP contribution in [0.25, 0.3) is 11.4 Å². The van der Waals surface area contributed by atoms with E-state index in [1.165, 1.54) is 21.8 Å². The third-order valence-electron chi connectivity index (χ3n) is 6.36. The number of tetrazole rings is 1. The van der Waals surface area contributed by atoms with Gasteiger partial charge in [0.15, 0.2) is 0 Å². The second-order valence-electron chi connectivity index (χ2n) is 10.7. The third kappa shape index (κ3) is 6.49. The molecule has 2 N–H and O–H groups in total. The molecule has 1 aromatic heterocycles. The summed E-state index contributed by atoms with van der Waals surface area (Å²) in [7, 11) is 0. The fourth-order valence-electron chi connectivity index (χ4n) is 4.25. The molecule has 0 radical (unpaired) electrons. The number of aromatic nitrogens is 4. The summed E-state index contributed by atoms with van der Waals surface area (Å²) in [6, 6.07) is 18.7. The molecule has 2 amide bonds. The van der Waals surface area contributed by atoms with Gasteiger partial charge in [0.25, 0.3) is 5.91 Å². The molecule has 1 atom stereocenters. The lowest BCUT2D eigenvalue weighted by atomic mass is 9.98. The van der Waals surface area contributed by atoms with Crippen molar-refractivity contribution < 1.29 is 14.7 Å². The van der Waals surface area contributed by atoms with Crippen LogP contribution < -0.4 is 10.2 Å². The monoisotopic (exact) mass is 526 g/mol. The summed E-state index contributed by atoms with van der Waals surface area (Å²) in [5, 5.41) is 25.6. The highest BCUT2D eigenvalue weighted by Gasteiger charge is 2.35. The van der Waals surface area contributed by atoms with Gasteiger partial charge in [-0.15, -0.1) is 10.2 Å². The highest BCUT2D eigenvalue weighted by Crippen LogP contribution is 2.33. The lowest BCUT2D eigenvalue weighted by Gasteiger charge is -2.34. The number of anilines is 1. The van der Waals surface area contributed by atoms with E-state index in [2.05, 4.69) is 20.7 Å². The molecule has 0 aliphatic heterocycles. The fraction of sp³-hybridized carbons (Fsp3) is 0.300. The Morgan fingerprint density at radius 1 is 0.974 bits per heavy atom. The highest BCUT2D eigenvalue weighted by atomic mass is 16.3. The molecule has 0 unspecified atom stereocenters. The molecule has 0 saturated heterocycles. The first-order chi connectivity index (χ1) is 18.4. The van der Waals surface area contributed by atoms with Crippen LogP contribution in [0, 0.1) is 20.8 Å². The van der Waals surface area contributed by atoms with Crippen molar-refractivity contribution in [3.05, 3.63) is 89.0 Å². The van der Waals surface area contributed by atoms with Gasteiger partial charge in [-0.05, 0) is 81.6 Å². The van der Waals surface area contributed by atoms with E-state index >= 15 is 0 Å². The Morgan fingerprint density at radius 3 is 2.28 bits per heavy atom. The van der Waals surface area contributed by atoms with E-state index in [0.717, 1.165) is 22.3 Å². The quantitative estimate of drug-likeness (QED) is 0.362. The largest absolute Gasteiger partial charge is 0.508 e. The number of carbonyl (C=O) groups is 2. The number of amides is 2. The predicted molar refractivity (Wildman–Crippen MR) is 150 cm³/mol. The topological polar surface area (TPSA) is 113 Å². The van der Waals surface area contributed by atoms with E-state index in [4.69, 9.17) is 0 Å². The van der Waals surface area contributed by atoms with Crippen LogP contribution in [0.15, 0.2) is 66.7 Å². The minimum Gasteiger partial charge on any atom is -0.508 e. The Labute approximate surface area is 228 Å². The van der Waals surface area contributed by atoms with Crippen LogP contribution in [-0.4, -0.2) is 42.7 Å². The smallest absolute Gasteiger partial charge is 0.251 e. The first kappa shape index (κ1) is 27.5. The molecule has 0 aliphatic rings. The summed E-state index contributed by atoms with van der Waals surface area (Å²) in [5.74, 6) is -0.275. The van der Waals surface area contributed by atoms with Gasteiger partial charge >= 0.3 is 0 Å². The SMILES string of the molecule is Cc1ccc(-c2nnn(CC(=O)N(c3cccc(C)c3C)[C@@H](C(=O)NC(C)(C)C)c3ccc(O)cc3)n2)cc1. The minimum absolute atomic E-state index is 0.0637. The summed E-state index contributed by atoms with van der Waals surface area (Å²) in [6.45, 7) is 11.3. The number of hydrogen-bond donors (Lipinski definition) is 2. The third-order valence-corrected chi connectivity index (χ3v) is 6.36. The Hall–Kier alpha value is -4.53. The number of phenolic OH excluding ortho intramolecular Hbond substituents is 1. The molecule has 1 heterocycles. The van der Waals surface area contributed by atoms with Crippen LogP contribution in [-0.2, 0) is 16.1 Å². The Balaban J connectivity index is 1.78. The minimum atomic E-state index is -1.02. The van der Waals surface area contributed by atoms with E-state index in [0.29, 0.717) is 17.1 Å². The zero-order valence-electron chi connectivity index (χ0n) is 23.1. The van der Waals surface area contributed by atoms with Crippen LogP contribution in [0.4, 0.5) is 5.69 Å². The molecule has 4 rings (SSSR count). The van der Waals surface area contributed by atoms with Crippen molar-refractivity contribution >= 4 is 17.5 Å². The summed E-state index contributed by atoms with van der Waals surface area (Å²) in [5.41, 5.74) is 4.35. The fourth-order valence-corrected chi connectivity index (χ4v) is 4.25. The molecule has 0 bridgehead atoms. The van der Waals surface area contributed by atoms with E-state index < -0.39 is 17.5 Å². The van der Waals surface area contributed by atoms with Gasteiger partial charge < -0.3 is 10.4 Å². The van der Waals surface area contributed by atoms with Crippen molar-refractivity contribution in [3.8, 4) is 17.1 Å². The molecule has 0 fully saturated rings. The number of aryl methyl sites for hydroxylation is 2. The van der Waals surface area contributed by atoms with E-state index in [1.807, 2.05) is 84.0 Å². The van der Waals surface area contributed by atoms with E-state index in [-0.39, 0.29) is 18.2 Å². The average Bonchev–Trinajstić information content (AvgIpc) is 3.33. The van der Waals surface area contributed by atoms with Crippen molar-refractivity contribution in [1.29, 1.82) is 0 Å². The number of nitrogens with one attached hydrogen (secondary N) is 1. The zero-order chi connectivity index (χ0) is 28.3. The molecule has 0 saturated carbocycles. The lowest BCUT2D eigenvalue weighted by molar-refractivity contribution is -0.128. The molecule has 9 heteroatoms. The van der Waals surface area contributed by atoms with Crippen molar-refractivity contribution in [2.24, 2.45) is 0 Å². The van der Waals surface area contributed by atoms with Crippen molar-refractivity contribution in [1.82, 2.24) is 25.5 Å². The number of phenols is 1. The van der Waals surface area contributed by atoms with Gasteiger partial charge in [-0.1, -0.05) is 54.1 Å². The number of benzene rings is 3. The van der Waals surface area contributed by atoms with Crippen LogP contribution in [0.3, 0.4) is 0 Å². The van der Waals surface area contributed by atoms with Gasteiger partial charge in [0.2, 0.25) is 11.7 Å². The lowest BCUT2D eigenvalue weighted by Crippen LogP contribution is -2.50. The molecular weight excluding hydrogens is 492 g/mol. The van der Waals surface area contributed by atoms with Crippen LogP contribution in [0.2, 0.25) is 0 Å². The van der Waals surface area contributed by atoms with E-state index in [1.54, 1.807) is 12.1 Å². The molecule has 39 heavy (non-hydrogen) atoms. The summed E-state index contributed by atoms with van der Waals surface area (Å²) in [6.07, 6.45) is 0. The predicted octanol–water partition coefficient (Wildman–Crippen LogP) is 4.66. The molecule has 9 nitrogen and oxygen atoms in total. The maximum absolute atomic E-state index is 14.1. The van der Waals surface area contributed by atoms with E-state index in [9.17, 15) is 14.7 Å². The Bertz CT molecular complexity index is 1470. The molecule has 3 aromatic carbocycles. The molecule has 0 aliphatic carbocycles. The van der Waals surface area contributed by atoms with Gasteiger partial charge in [-0.3, -0.25) is 14.5 Å². The summed E-state index contributed by atoms with van der Waals surface area (Å²) >= 11 is 0. The zero-order valence-corrected chi connectivity index (χ0v) is 23.1.